The van der Waals surface area contributed by atoms with Gasteiger partial charge in [0.05, 0.1) is 13.2 Å². The van der Waals surface area contributed by atoms with Gasteiger partial charge in [-0.15, -0.1) is 0 Å². The van der Waals surface area contributed by atoms with Gasteiger partial charge in [0.25, 0.3) is 0 Å². The third-order valence-electron chi connectivity index (χ3n) is 4.78. The van der Waals surface area contributed by atoms with Gasteiger partial charge in [-0.1, -0.05) is 6.42 Å². The molecular weight excluding hydrogens is 320 g/mol. The number of ether oxygens (including phenoxy) is 2. The van der Waals surface area contributed by atoms with E-state index < -0.39 is 0 Å². The van der Waals surface area contributed by atoms with Crippen molar-refractivity contribution in [1.29, 1.82) is 0 Å². The summed E-state index contributed by atoms with van der Waals surface area (Å²) in [6, 6.07) is 0. The monoisotopic (exact) mass is 354 g/mol. The maximum absolute atomic E-state index is 11.7. The molecule has 25 heavy (non-hydrogen) atoms. The van der Waals surface area contributed by atoms with Gasteiger partial charge in [-0.05, 0) is 32.1 Å². The predicted octanol–water partition coefficient (Wildman–Crippen LogP) is 0.901. The molecule has 3 N–H and O–H groups in total. The first kappa shape index (κ1) is 20.0. The summed E-state index contributed by atoms with van der Waals surface area (Å²) in [6.45, 7) is 5.63. The normalized spacial score (nSPS) is 21.0. The molecule has 1 saturated carbocycles. The van der Waals surface area contributed by atoms with E-state index >= 15 is 0 Å². The van der Waals surface area contributed by atoms with Gasteiger partial charge < -0.3 is 25.4 Å². The van der Waals surface area contributed by atoms with Crippen LogP contribution < -0.4 is 16.0 Å². The Kier molecular flexibility index (Phi) is 9.66. The number of guanidine groups is 1. The van der Waals surface area contributed by atoms with E-state index in [2.05, 4.69) is 20.9 Å². The Bertz CT molecular complexity index is 407. The average molecular weight is 354 g/mol. The third-order valence-corrected chi connectivity index (χ3v) is 4.78. The van der Waals surface area contributed by atoms with E-state index in [0.717, 1.165) is 84.1 Å². The maximum Gasteiger partial charge on any atom is 0.223 e. The Hall–Kier alpha value is -1.34. The van der Waals surface area contributed by atoms with Crippen molar-refractivity contribution in [3.63, 3.8) is 0 Å². The molecule has 2 rings (SSSR count). The lowest BCUT2D eigenvalue weighted by molar-refractivity contribution is -0.127. The lowest BCUT2D eigenvalue weighted by Gasteiger charge is -2.24. The number of nitrogens with one attached hydrogen (secondary N) is 3. The van der Waals surface area contributed by atoms with Crippen LogP contribution in [-0.2, 0) is 14.3 Å². The molecule has 0 bridgehead atoms. The summed E-state index contributed by atoms with van der Waals surface area (Å²) in [5.41, 5.74) is 0. The molecule has 0 radical (unpaired) electrons. The topological polar surface area (TPSA) is 84.0 Å². The molecule has 0 spiro atoms. The Morgan fingerprint density at radius 2 is 1.88 bits per heavy atom. The Morgan fingerprint density at radius 1 is 1.12 bits per heavy atom. The third kappa shape index (κ3) is 8.05. The molecule has 144 valence electrons. The molecule has 2 aliphatic rings. The van der Waals surface area contributed by atoms with Gasteiger partial charge in [-0.3, -0.25) is 9.79 Å². The molecular formula is C18H34N4O3. The summed E-state index contributed by atoms with van der Waals surface area (Å²) in [6.07, 6.45) is 6.27. The molecule has 2 fully saturated rings. The van der Waals surface area contributed by atoms with Gasteiger partial charge in [-0.2, -0.15) is 0 Å². The molecule has 7 nitrogen and oxygen atoms in total. The van der Waals surface area contributed by atoms with Crippen LogP contribution in [0.2, 0.25) is 0 Å². The quantitative estimate of drug-likeness (QED) is 0.292. The largest absolute Gasteiger partial charge is 0.381 e. The van der Waals surface area contributed by atoms with Crippen molar-refractivity contribution in [2.45, 2.75) is 38.5 Å². The van der Waals surface area contributed by atoms with Crippen molar-refractivity contribution in [3.8, 4) is 0 Å². The summed E-state index contributed by atoms with van der Waals surface area (Å²) in [5, 5.41) is 9.55. The van der Waals surface area contributed by atoms with Crippen molar-refractivity contribution >= 4 is 11.9 Å². The highest BCUT2D eigenvalue weighted by Gasteiger charge is 2.24. The van der Waals surface area contributed by atoms with Crippen LogP contribution in [0.3, 0.4) is 0 Å². The van der Waals surface area contributed by atoms with E-state index in [1.807, 2.05) is 0 Å². The van der Waals surface area contributed by atoms with Crippen LogP contribution >= 0.6 is 0 Å². The fraction of sp³-hybridized carbons (Fsp3) is 0.889. The van der Waals surface area contributed by atoms with Crippen molar-refractivity contribution in [2.24, 2.45) is 16.8 Å². The summed E-state index contributed by atoms with van der Waals surface area (Å²) in [5.74, 6) is 1.87. The van der Waals surface area contributed by atoms with Crippen LogP contribution in [0.5, 0.6) is 0 Å². The zero-order chi connectivity index (χ0) is 17.7. The number of rotatable bonds is 11. The van der Waals surface area contributed by atoms with Crippen molar-refractivity contribution in [2.75, 3.05) is 53.1 Å². The van der Waals surface area contributed by atoms with E-state index in [-0.39, 0.29) is 11.8 Å². The summed E-state index contributed by atoms with van der Waals surface area (Å²) in [7, 11) is 1.77. The predicted molar refractivity (Wildman–Crippen MR) is 98.7 cm³/mol. The van der Waals surface area contributed by atoms with Gasteiger partial charge >= 0.3 is 0 Å². The van der Waals surface area contributed by atoms with Crippen molar-refractivity contribution < 1.29 is 14.3 Å². The number of hydrogen-bond acceptors (Lipinski definition) is 4. The lowest BCUT2D eigenvalue weighted by Crippen LogP contribution is -2.40. The average Bonchev–Trinajstić information content (AvgIpc) is 3.07. The molecule has 0 aromatic carbocycles. The van der Waals surface area contributed by atoms with Gasteiger partial charge in [-0.25, -0.2) is 0 Å². The first-order chi connectivity index (χ1) is 12.3. The minimum Gasteiger partial charge on any atom is -0.381 e. The van der Waals surface area contributed by atoms with E-state index in [1.54, 1.807) is 7.05 Å². The molecule has 1 heterocycles. The van der Waals surface area contributed by atoms with Gasteiger partial charge in [0.2, 0.25) is 5.91 Å². The zero-order valence-electron chi connectivity index (χ0n) is 15.5. The molecule has 0 aromatic rings. The van der Waals surface area contributed by atoms with Crippen LogP contribution in [0.1, 0.15) is 38.5 Å². The summed E-state index contributed by atoms with van der Waals surface area (Å²) < 4.78 is 11.0. The zero-order valence-corrected chi connectivity index (χ0v) is 15.5. The molecule has 1 saturated heterocycles. The highest BCUT2D eigenvalue weighted by Crippen LogP contribution is 2.25. The highest BCUT2D eigenvalue weighted by atomic mass is 16.5. The molecule has 1 aliphatic heterocycles. The van der Waals surface area contributed by atoms with Crippen LogP contribution in [0.15, 0.2) is 4.99 Å². The van der Waals surface area contributed by atoms with Crippen molar-refractivity contribution in [1.82, 2.24) is 16.0 Å². The van der Waals surface area contributed by atoms with E-state index in [9.17, 15) is 4.79 Å². The number of nitrogens with zero attached hydrogens (tertiary/aromatic N) is 1. The second-order valence-corrected chi connectivity index (χ2v) is 6.86. The number of carbonyl (C=O) groups excluding carboxylic acids is 1. The molecule has 1 unspecified atom stereocenters. The second kappa shape index (κ2) is 12.1. The summed E-state index contributed by atoms with van der Waals surface area (Å²) >= 11 is 0. The highest BCUT2D eigenvalue weighted by molar-refractivity contribution is 5.80. The van der Waals surface area contributed by atoms with Crippen LogP contribution in [-0.4, -0.2) is 65.0 Å². The van der Waals surface area contributed by atoms with Gasteiger partial charge in [0.15, 0.2) is 5.96 Å². The first-order valence-electron chi connectivity index (χ1n) is 9.67. The smallest absolute Gasteiger partial charge is 0.223 e. The van der Waals surface area contributed by atoms with E-state index in [4.69, 9.17) is 9.47 Å². The van der Waals surface area contributed by atoms with E-state index in [1.165, 1.54) is 6.42 Å². The molecule has 7 heteroatoms. The SMILES string of the molecule is CN=C(NCCCNC(=O)C1CCC1)NCCCOCC1CCOC1. The second-order valence-electron chi connectivity index (χ2n) is 6.86. The van der Waals surface area contributed by atoms with E-state index in [0.29, 0.717) is 5.92 Å². The number of hydrogen-bond donors (Lipinski definition) is 3. The maximum atomic E-state index is 11.7. The Balaban J connectivity index is 1.39. The molecule has 1 amide bonds. The Morgan fingerprint density at radius 3 is 2.52 bits per heavy atom. The van der Waals surface area contributed by atoms with Crippen LogP contribution in [0.4, 0.5) is 0 Å². The molecule has 1 aliphatic carbocycles. The number of carbonyl (C=O) groups is 1. The Labute approximate surface area is 151 Å². The standard InChI is InChI=1S/C18H34N4O3/c1-19-18(21-9-3-8-20-17(23)16-5-2-6-16)22-10-4-11-24-13-15-7-12-25-14-15/h15-16H,2-14H2,1H3,(H,20,23)(H2,19,21,22). The minimum atomic E-state index is 0.220. The molecule has 0 aromatic heterocycles. The molecule has 1 atom stereocenters. The summed E-state index contributed by atoms with van der Waals surface area (Å²) in [4.78, 5) is 15.9. The van der Waals surface area contributed by atoms with Crippen LogP contribution in [0.25, 0.3) is 0 Å². The van der Waals surface area contributed by atoms with Crippen molar-refractivity contribution in [3.05, 3.63) is 0 Å². The fourth-order valence-electron chi connectivity index (χ4n) is 2.89. The van der Waals surface area contributed by atoms with Gasteiger partial charge in [0, 0.05) is 51.7 Å². The fourth-order valence-corrected chi connectivity index (χ4v) is 2.89. The lowest BCUT2D eigenvalue weighted by atomic mass is 9.85. The minimum absolute atomic E-state index is 0.220. The number of aliphatic imine (C=N–C) groups is 1. The van der Waals surface area contributed by atoms with Gasteiger partial charge in [0.1, 0.15) is 0 Å². The first-order valence-corrected chi connectivity index (χ1v) is 9.67. The van der Waals surface area contributed by atoms with Crippen LogP contribution in [0, 0.1) is 11.8 Å². The number of amides is 1.